The van der Waals surface area contributed by atoms with Crippen LogP contribution in [0.5, 0.6) is 5.75 Å². The van der Waals surface area contributed by atoms with Gasteiger partial charge < -0.3 is 15.2 Å². The summed E-state index contributed by atoms with van der Waals surface area (Å²) in [6.07, 6.45) is 6.52. The molecule has 0 spiro atoms. The second kappa shape index (κ2) is 5.82. The van der Waals surface area contributed by atoms with Gasteiger partial charge >= 0.3 is 0 Å². The van der Waals surface area contributed by atoms with E-state index < -0.39 is 0 Å². The molecular formula is C19H25NO3. The smallest absolute Gasteiger partial charge is 0.255 e. The Bertz CT molecular complexity index is 604. The maximum atomic E-state index is 12.7. The van der Waals surface area contributed by atoms with Gasteiger partial charge in [-0.1, -0.05) is 37.3 Å². The van der Waals surface area contributed by atoms with Gasteiger partial charge in [0.25, 0.3) is 5.91 Å². The Morgan fingerprint density at radius 1 is 1.26 bits per heavy atom. The standard InChI is InChI=1S/C19H25NO3/c1-11-6-7-15(21)14(10-11)19(22)20-17-13-8-9-23-18(13)16(17)12-4-2-3-5-12/h6-7,10,12-13,16-18,21H,2-5,8-9H2,1H3,(H,20,22)/t13-,16+,17-,18-/m0/s1. The number of nitrogens with one attached hydrogen (secondary N) is 1. The Hall–Kier alpha value is -1.55. The topological polar surface area (TPSA) is 58.6 Å². The molecule has 0 aromatic heterocycles. The molecule has 2 saturated carbocycles. The normalized spacial score (nSPS) is 33.3. The van der Waals surface area contributed by atoms with E-state index >= 15 is 0 Å². The van der Waals surface area contributed by atoms with Crippen LogP contribution in [0.2, 0.25) is 0 Å². The first-order chi connectivity index (χ1) is 11.1. The number of hydrogen-bond donors (Lipinski definition) is 2. The number of phenolic OH excluding ortho intramolecular Hbond substituents is 1. The summed E-state index contributed by atoms with van der Waals surface area (Å²) < 4.78 is 5.94. The zero-order valence-electron chi connectivity index (χ0n) is 13.6. The number of carbonyl (C=O) groups excluding carboxylic acids is 1. The third kappa shape index (κ3) is 2.53. The second-order valence-electron chi connectivity index (χ2n) is 7.43. The van der Waals surface area contributed by atoms with Crippen LogP contribution in [0.4, 0.5) is 0 Å². The minimum atomic E-state index is -0.149. The van der Waals surface area contributed by atoms with Crippen molar-refractivity contribution < 1.29 is 14.6 Å². The molecule has 1 amide bonds. The fourth-order valence-electron chi connectivity index (χ4n) is 4.92. The number of fused-ring (bicyclic) bond motifs is 1. The van der Waals surface area contributed by atoms with E-state index in [0.717, 1.165) is 18.6 Å². The van der Waals surface area contributed by atoms with E-state index in [4.69, 9.17) is 4.74 Å². The lowest BCUT2D eigenvalue weighted by atomic mass is 9.61. The highest BCUT2D eigenvalue weighted by molar-refractivity contribution is 5.97. The first-order valence-corrected chi connectivity index (χ1v) is 8.87. The van der Waals surface area contributed by atoms with Crippen molar-refractivity contribution in [3.8, 4) is 5.75 Å². The molecule has 4 rings (SSSR count). The van der Waals surface area contributed by atoms with E-state index in [2.05, 4.69) is 5.32 Å². The summed E-state index contributed by atoms with van der Waals surface area (Å²) >= 11 is 0. The fourth-order valence-corrected chi connectivity index (χ4v) is 4.92. The molecule has 124 valence electrons. The Morgan fingerprint density at radius 2 is 2.04 bits per heavy atom. The molecule has 1 aromatic carbocycles. The first kappa shape index (κ1) is 15.0. The lowest BCUT2D eigenvalue weighted by Gasteiger charge is -2.50. The summed E-state index contributed by atoms with van der Waals surface area (Å²) in [7, 11) is 0. The van der Waals surface area contributed by atoms with E-state index in [0.29, 0.717) is 29.4 Å². The maximum Gasteiger partial charge on any atom is 0.255 e. The van der Waals surface area contributed by atoms with Crippen molar-refractivity contribution in [1.82, 2.24) is 5.32 Å². The number of benzene rings is 1. The minimum absolute atomic E-state index is 0.0593. The van der Waals surface area contributed by atoms with E-state index in [9.17, 15) is 9.90 Å². The molecule has 4 heteroatoms. The van der Waals surface area contributed by atoms with Gasteiger partial charge in [-0.3, -0.25) is 4.79 Å². The molecule has 2 aliphatic carbocycles. The molecule has 4 atom stereocenters. The average molecular weight is 315 g/mol. The van der Waals surface area contributed by atoms with Gasteiger partial charge in [0.15, 0.2) is 0 Å². The lowest BCUT2D eigenvalue weighted by Crippen LogP contribution is -2.63. The van der Waals surface area contributed by atoms with Crippen molar-refractivity contribution >= 4 is 5.91 Å². The quantitative estimate of drug-likeness (QED) is 0.901. The van der Waals surface area contributed by atoms with Crippen molar-refractivity contribution in [2.24, 2.45) is 17.8 Å². The minimum Gasteiger partial charge on any atom is -0.507 e. The molecule has 0 unspecified atom stereocenters. The first-order valence-electron chi connectivity index (χ1n) is 8.87. The van der Waals surface area contributed by atoms with Crippen LogP contribution in [0.15, 0.2) is 18.2 Å². The summed E-state index contributed by atoms with van der Waals surface area (Å²) in [5, 5.41) is 13.2. The third-order valence-electron chi connectivity index (χ3n) is 6.08. The van der Waals surface area contributed by atoms with Gasteiger partial charge in [0, 0.05) is 24.5 Å². The molecule has 1 aromatic rings. The predicted octanol–water partition coefficient (Wildman–Crippen LogP) is 3.02. The molecule has 0 radical (unpaired) electrons. The van der Waals surface area contributed by atoms with Crippen LogP contribution >= 0.6 is 0 Å². The Morgan fingerprint density at radius 3 is 2.83 bits per heavy atom. The number of amides is 1. The monoisotopic (exact) mass is 315 g/mol. The molecular weight excluding hydrogens is 290 g/mol. The molecule has 2 N–H and O–H groups in total. The van der Waals surface area contributed by atoms with E-state index in [1.54, 1.807) is 12.1 Å². The summed E-state index contributed by atoms with van der Waals surface area (Å²) in [6, 6.07) is 5.38. The number of aryl methyl sites for hydroxylation is 1. The van der Waals surface area contributed by atoms with E-state index in [1.807, 2.05) is 13.0 Å². The Labute approximate surface area is 137 Å². The van der Waals surface area contributed by atoms with Crippen LogP contribution in [-0.2, 0) is 4.74 Å². The van der Waals surface area contributed by atoms with Gasteiger partial charge in [-0.05, 0) is 31.4 Å². The van der Waals surface area contributed by atoms with Crippen LogP contribution in [0, 0.1) is 24.7 Å². The van der Waals surface area contributed by atoms with E-state index in [1.165, 1.54) is 25.7 Å². The molecule has 3 aliphatic rings. The van der Waals surface area contributed by atoms with E-state index in [-0.39, 0.29) is 17.7 Å². The summed E-state index contributed by atoms with van der Waals surface area (Å²) in [5.41, 5.74) is 1.37. The van der Waals surface area contributed by atoms with Crippen molar-refractivity contribution in [2.45, 2.75) is 51.2 Å². The van der Waals surface area contributed by atoms with Crippen LogP contribution in [0.25, 0.3) is 0 Å². The highest BCUT2D eigenvalue weighted by Crippen LogP contribution is 2.51. The lowest BCUT2D eigenvalue weighted by molar-refractivity contribution is -0.0784. The molecule has 23 heavy (non-hydrogen) atoms. The summed E-state index contributed by atoms with van der Waals surface area (Å²) in [4.78, 5) is 12.7. The Balaban J connectivity index is 1.52. The van der Waals surface area contributed by atoms with Crippen LogP contribution in [0.1, 0.15) is 48.0 Å². The van der Waals surface area contributed by atoms with Crippen LogP contribution < -0.4 is 5.32 Å². The van der Waals surface area contributed by atoms with Crippen molar-refractivity contribution in [2.75, 3.05) is 6.61 Å². The summed E-state index contributed by atoms with van der Waals surface area (Å²) in [6.45, 7) is 2.75. The fraction of sp³-hybridized carbons (Fsp3) is 0.632. The highest BCUT2D eigenvalue weighted by atomic mass is 16.5. The van der Waals surface area contributed by atoms with Crippen LogP contribution in [-0.4, -0.2) is 29.8 Å². The SMILES string of the molecule is Cc1ccc(O)c(C(=O)N[C@H]2[C@@H]3CCO[C@@H]3[C@@H]2C2CCCC2)c1. The molecule has 1 aliphatic heterocycles. The van der Waals surface area contributed by atoms with Crippen molar-refractivity contribution in [3.63, 3.8) is 0 Å². The predicted molar refractivity (Wildman–Crippen MR) is 87.4 cm³/mol. The molecule has 1 heterocycles. The van der Waals surface area contributed by atoms with Gasteiger partial charge in [0.1, 0.15) is 5.75 Å². The Kier molecular flexibility index (Phi) is 3.80. The number of carbonyl (C=O) groups is 1. The molecule has 1 saturated heterocycles. The number of aromatic hydroxyl groups is 1. The zero-order valence-corrected chi connectivity index (χ0v) is 13.6. The number of rotatable bonds is 3. The second-order valence-corrected chi connectivity index (χ2v) is 7.43. The van der Waals surface area contributed by atoms with Crippen LogP contribution in [0.3, 0.4) is 0 Å². The summed E-state index contributed by atoms with van der Waals surface area (Å²) in [5.74, 6) is 1.51. The van der Waals surface area contributed by atoms with Crippen molar-refractivity contribution in [1.29, 1.82) is 0 Å². The van der Waals surface area contributed by atoms with Crippen molar-refractivity contribution in [3.05, 3.63) is 29.3 Å². The maximum absolute atomic E-state index is 12.7. The van der Waals surface area contributed by atoms with Gasteiger partial charge in [-0.2, -0.15) is 0 Å². The number of phenols is 1. The van der Waals surface area contributed by atoms with Gasteiger partial charge in [-0.15, -0.1) is 0 Å². The molecule has 0 bridgehead atoms. The van der Waals surface area contributed by atoms with Gasteiger partial charge in [0.2, 0.25) is 0 Å². The zero-order chi connectivity index (χ0) is 16.0. The average Bonchev–Trinajstić information content (AvgIpc) is 3.18. The molecule has 3 fully saturated rings. The highest BCUT2D eigenvalue weighted by Gasteiger charge is 2.57. The molecule has 4 nitrogen and oxygen atoms in total. The third-order valence-corrected chi connectivity index (χ3v) is 6.08. The number of hydrogen-bond acceptors (Lipinski definition) is 3. The van der Waals surface area contributed by atoms with Gasteiger partial charge in [-0.25, -0.2) is 0 Å². The number of ether oxygens (including phenoxy) is 1. The largest absolute Gasteiger partial charge is 0.507 e. The van der Waals surface area contributed by atoms with Gasteiger partial charge in [0.05, 0.1) is 11.7 Å².